The zero-order chi connectivity index (χ0) is 12.8. The number of carbonyl (C=O) groups is 2. The lowest BCUT2D eigenvalue weighted by Crippen LogP contribution is -2.43. The van der Waals surface area contributed by atoms with Crippen LogP contribution in [0.2, 0.25) is 0 Å². The molecule has 16 heavy (non-hydrogen) atoms. The topological polar surface area (TPSA) is 92.7 Å². The zero-order valence-electron chi connectivity index (χ0n) is 9.57. The Labute approximate surface area is 94.0 Å². The summed E-state index contributed by atoms with van der Waals surface area (Å²) in [6, 6.07) is -1.13. The highest BCUT2D eigenvalue weighted by atomic mass is 16.6. The van der Waals surface area contributed by atoms with Gasteiger partial charge >= 0.3 is 12.1 Å². The Morgan fingerprint density at radius 3 is 2.38 bits per heavy atom. The third-order valence-corrected chi connectivity index (χ3v) is 1.52. The highest BCUT2D eigenvalue weighted by Crippen LogP contribution is 2.07. The second-order valence-electron chi connectivity index (χ2n) is 4.22. The van der Waals surface area contributed by atoms with Crippen molar-refractivity contribution in [2.45, 2.75) is 45.3 Å². The Morgan fingerprint density at radius 1 is 1.44 bits per heavy atom. The lowest BCUT2D eigenvalue weighted by molar-refractivity contribution is -0.139. The fraction of sp³-hybridized carbons (Fsp3) is 0.700. The van der Waals surface area contributed by atoms with Crippen LogP contribution in [0.5, 0.6) is 0 Å². The van der Waals surface area contributed by atoms with E-state index in [0.717, 1.165) is 0 Å². The lowest BCUT2D eigenvalue weighted by atomic mass is 10.1. The van der Waals surface area contributed by atoms with Gasteiger partial charge in [0, 0.05) is 6.42 Å². The number of ether oxygens (including phenoxy) is 1. The van der Waals surface area contributed by atoms with Crippen LogP contribution in [-0.4, -0.2) is 35.1 Å². The van der Waals surface area contributed by atoms with E-state index in [1.165, 1.54) is 0 Å². The third-order valence-electron chi connectivity index (χ3n) is 1.52. The average Bonchev–Trinajstić information content (AvgIpc) is 2.08. The van der Waals surface area contributed by atoms with Gasteiger partial charge in [-0.05, 0) is 27.2 Å². The number of hydrogen-bond donors (Lipinski definition) is 2. The Morgan fingerprint density at radius 2 is 2.00 bits per heavy atom. The predicted octanol–water partition coefficient (Wildman–Crippen LogP) is 0.854. The quantitative estimate of drug-likeness (QED) is 0.730. The number of amides is 1. The van der Waals surface area contributed by atoms with Crippen LogP contribution >= 0.6 is 0 Å². The van der Waals surface area contributed by atoms with Gasteiger partial charge in [-0.3, -0.25) is 4.79 Å². The molecule has 1 radical (unpaired) electrons. The zero-order valence-corrected chi connectivity index (χ0v) is 9.57. The molecular formula is C10H16NO5. The Bertz CT molecular complexity index is 269. The number of hydrogen-bond acceptors (Lipinski definition) is 4. The first kappa shape index (κ1) is 14.4. The summed E-state index contributed by atoms with van der Waals surface area (Å²) in [5.41, 5.74) is -0.691. The molecule has 0 unspecified atom stereocenters. The second-order valence-corrected chi connectivity index (χ2v) is 4.22. The van der Waals surface area contributed by atoms with Crippen LogP contribution in [0, 0.1) is 0 Å². The first-order valence-corrected chi connectivity index (χ1v) is 4.83. The molecule has 0 aliphatic rings. The van der Waals surface area contributed by atoms with Crippen LogP contribution in [0.15, 0.2) is 0 Å². The van der Waals surface area contributed by atoms with Crippen molar-refractivity contribution < 1.29 is 24.2 Å². The third kappa shape index (κ3) is 6.80. The van der Waals surface area contributed by atoms with Crippen LogP contribution in [0.1, 0.15) is 33.6 Å². The SMILES string of the molecule is CC(C)(C)OC(=O)N[C@@H](CC[C]=O)C(=O)O. The standard InChI is InChI=1S/C10H16NO5/c1-10(2,3)16-9(15)11-7(8(13)14)5-4-6-12/h7H,4-5H2,1-3H3,(H,11,15)(H,13,14)/t7-/m0/s1. The fourth-order valence-corrected chi connectivity index (χ4v) is 0.910. The molecule has 0 aromatic carbocycles. The minimum atomic E-state index is -1.21. The number of carboxylic acid groups (broad SMARTS) is 1. The molecule has 0 saturated heterocycles. The largest absolute Gasteiger partial charge is 0.480 e. The molecule has 0 rings (SSSR count). The summed E-state index contributed by atoms with van der Waals surface area (Å²) < 4.78 is 4.89. The van der Waals surface area contributed by atoms with Crippen LogP contribution in [-0.2, 0) is 14.3 Å². The maximum absolute atomic E-state index is 11.2. The Balaban J connectivity index is 4.23. The molecule has 0 aromatic rings. The monoisotopic (exact) mass is 230 g/mol. The summed E-state index contributed by atoms with van der Waals surface area (Å²) in [6.45, 7) is 5.00. The molecule has 0 aromatic heterocycles. The van der Waals surface area contributed by atoms with E-state index in [4.69, 9.17) is 9.84 Å². The summed E-state index contributed by atoms with van der Waals surface area (Å²) in [7, 11) is 0. The predicted molar refractivity (Wildman–Crippen MR) is 55.7 cm³/mol. The lowest BCUT2D eigenvalue weighted by Gasteiger charge is -2.21. The Hall–Kier alpha value is -1.59. The van der Waals surface area contributed by atoms with Crippen LogP contribution < -0.4 is 5.32 Å². The molecule has 6 nitrogen and oxygen atoms in total. The van der Waals surface area contributed by atoms with Crippen molar-refractivity contribution in [2.24, 2.45) is 0 Å². The molecule has 91 valence electrons. The Kier molecular flexibility index (Phi) is 5.49. The number of alkyl carbamates (subject to hydrolysis) is 1. The van der Waals surface area contributed by atoms with E-state index in [2.05, 4.69) is 5.32 Å². The molecule has 1 amide bonds. The molecule has 2 N–H and O–H groups in total. The van der Waals surface area contributed by atoms with Gasteiger partial charge in [0.2, 0.25) is 0 Å². The molecule has 0 aliphatic carbocycles. The van der Waals surface area contributed by atoms with E-state index in [1.54, 1.807) is 27.1 Å². The van der Waals surface area contributed by atoms with Gasteiger partial charge in [-0.15, -0.1) is 0 Å². The van der Waals surface area contributed by atoms with Crippen LogP contribution in [0.4, 0.5) is 4.79 Å². The summed E-state index contributed by atoms with van der Waals surface area (Å²) >= 11 is 0. The van der Waals surface area contributed by atoms with E-state index in [1.807, 2.05) is 0 Å². The normalized spacial score (nSPS) is 12.7. The maximum atomic E-state index is 11.2. The first-order chi connectivity index (χ1) is 7.26. The molecule has 0 aliphatic heterocycles. The number of nitrogens with one attached hydrogen (secondary N) is 1. The molecule has 0 heterocycles. The molecular weight excluding hydrogens is 214 g/mol. The van der Waals surface area contributed by atoms with E-state index in [9.17, 15) is 14.4 Å². The number of carbonyl (C=O) groups excluding carboxylic acids is 2. The van der Waals surface area contributed by atoms with Gasteiger partial charge in [-0.1, -0.05) is 0 Å². The molecule has 1 atom stereocenters. The minimum Gasteiger partial charge on any atom is -0.480 e. The molecule has 0 bridgehead atoms. The van der Waals surface area contributed by atoms with E-state index >= 15 is 0 Å². The van der Waals surface area contributed by atoms with Gasteiger partial charge in [0.25, 0.3) is 0 Å². The van der Waals surface area contributed by atoms with Crippen molar-refractivity contribution >= 4 is 18.3 Å². The van der Waals surface area contributed by atoms with Crippen molar-refractivity contribution in [3.05, 3.63) is 0 Å². The van der Waals surface area contributed by atoms with Crippen LogP contribution in [0.25, 0.3) is 0 Å². The van der Waals surface area contributed by atoms with Gasteiger partial charge in [0.05, 0.1) is 0 Å². The van der Waals surface area contributed by atoms with Crippen molar-refractivity contribution in [1.82, 2.24) is 5.32 Å². The van der Waals surface area contributed by atoms with E-state index < -0.39 is 23.7 Å². The fourth-order valence-electron chi connectivity index (χ4n) is 0.910. The van der Waals surface area contributed by atoms with Crippen molar-refractivity contribution in [1.29, 1.82) is 0 Å². The van der Waals surface area contributed by atoms with Crippen molar-refractivity contribution in [2.75, 3.05) is 0 Å². The van der Waals surface area contributed by atoms with Crippen molar-refractivity contribution in [3.8, 4) is 0 Å². The summed E-state index contributed by atoms with van der Waals surface area (Å²) in [4.78, 5) is 31.9. The van der Waals surface area contributed by atoms with Gasteiger partial charge < -0.3 is 15.2 Å². The van der Waals surface area contributed by atoms with E-state index in [0.29, 0.717) is 0 Å². The molecule has 0 saturated carbocycles. The van der Waals surface area contributed by atoms with Crippen molar-refractivity contribution in [3.63, 3.8) is 0 Å². The van der Waals surface area contributed by atoms with Crippen LogP contribution in [0.3, 0.4) is 0 Å². The van der Waals surface area contributed by atoms with Gasteiger partial charge in [-0.2, -0.15) is 0 Å². The minimum absolute atomic E-state index is 0.00191. The smallest absolute Gasteiger partial charge is 0.408 e. The summed E-state index contributed by atoms with van der Waals surface area (Å²) in [5, 5.41) is 10.9. The summed E-state index contributed by atoms with van der Waals surface area (Å²) in [6.07, 6.45) is 0.704. The number of rotatable bonds is 5. The molecule has 0 spiro atoms. The number of aliphatic carboxylic acids is 1. The maximum Gasteiger partial charge on any atom is 0.408 e. The highest BCUT2D eigenvalue weighted by Gasteiger charge is 2.23. The molecule has 0 fully saturated rings. The first-order valence-electron chi connectivity index (χ1n) is 4.83. The molecule has 6 heteroatoms. The number of carboxylic acids is 1. The highest BCUT2D eigenvalue weighted by molar-refractivity contribution is 5.80. The summed E-state index contributed by atoms with van der Waals surface area (Å²) in [5.74, 6) is -1.21. The van der Waals surface area contributed by atoms with Gasteiger partial charge in [-0.25, -0.2) is 9.59 Å². The van der Waals surface area contributed by atoms with Gasteiger partial charge in [0.15, 0.2) is 6.29 Å². The van der Waals surface area contributed by atoms with E-state index in [-0.39, 0.29) is 12.8 Å². The average molecular weight is 230 g/mol. The van der Waals surface area contributed by atoms with Gasteiger partial charge in [0.1, 0.15) is 11.6 Å². The second kappa shape index (κ2) is 6.09.